The molecule has 1 saturated heterocycles. The van der Waals surface area contributed by atoms with Crippen LogP contribution in [0.4, 0.5) is 5.69 Å². The van der Waals surface area contributed by atoms with E-state index in [-0.39, 0.29) is 11.1 Å². The smallest absolute Gasteiger partial charge is 0.253 e. The van der Waals surface area contributed by atoms with Crippen molar-refractivity contribution in [3.05, 3.63) is 69.3 Å². The Bertz CT molecular complexity index is 1550. The van der Waals surface area contributed by atoms with Gasteiger partial charge in [0.05, 0.1) is 25.3 Å². The second kappa shape index (κ2) is 10.3. The zero-order valence-electron chi connectivity index (χ0n) is 23.8. The standard InChI is InChI=1S/C29H37N7O3/c1-18-8-9-19(2)23(14-18)34-10-12-35(13-11-34)26(27-31-32-33-36(27)29(3,4)5)21-15-20-16-24(38-6)25(39-7)17-22(20)30-28(21)37/h8-9,14-17,26H,10-13H2,1-7H3,(H,30,37)/t26-/m1/s1. The molecule has 1 aliphatic rings. The monoisotopic (exact) mass is 531 g/mol. The Hall–Kier alpha value is -3.92. The molecule has 1 aliphatic heterocycles. The topological polar surface area (TPSA) is 101 Å². The van der Waals surface area contributed by atoms with Gasteiger partial charge in [0, 0.05) is 48.9 Å². The van der Waals surface area contributed by atoms with E-state index < -0.39 is 6.04 Å². The summed E-state index contributed by atoms with van der Waals surface area (Å²) in [5, 5.41) is 13.7. The highest BCUT2D eigenvalue weighted by molar-refractivity contribution is 5.83. The van der Waals surface area contributed by atoms with Crippen molar-refractivity contribution in [1.82, 2.24) is 30.1 Å². The Morgan fingerprint density at radius 3 is 2.31 bits per heavy atom. The molecule has 1 fully saturated rings. The molecule has 2 aromatic heterocycles. The highest BCUT2D eigenvalue weighted by Gasteiger charge is 2.35. The number of aromatic nitrogens is 5. The number of nitrogens with one attached hydrogen (secondary N) is 1. The van der Waals surface area contributed by atoms with Gasteiger partial charge in [-0.2, -0.15) is 0 Å². The van der Waals surface area contributed by atoms with Crippen molar-refractivity contribution >= 4 is 16.6 Å². The van der Waals surface area contributed by atoms with Crippen LogP contribution in [0.15, 0.2) is 41.2 Å². The summed E-state index contributed by atoms with van der Waals surface area (Å²) in [7, 11) is 3.18. The van der Waals surface area contributed by atoms with Crippen LogP contribution in [-0.2, 0) is 5.54 Å². The lowest BCUT2D eigenvalue weighted by atomic mass is 10.0. The molecule has 1 N–H and O–H groups in total. The molecule has 0 saturated carbocycles. The summed E-state index contributed by atoms with van der Waals surface area (Å²) >= 11 is 0. The normalized spacial score (nSPS) is 15.5. The van der Waals surface area contributed by atoms with Crippen molar-refractivity contribution in [2.75, 3.05) is 45.3 Å². The van der Waals surface area contributed by atoms with E-state index in [2.05, 4.69) is 83.1 Å². The summed E-state index contributed by atoms with van der Waals surface area (Å²) in [4.78, 5) is 21.5. The minimum Gasteiger partial charge on any atom is -0.493 e. The molecule has 10 heteroatoms. The number of hydrogen-bond acceptors (Lipinski definition) is 8. The minimum absolute atomic E-state index is 0.180. The van der Waals surface area contributed by atoms with Crippen LogP contribution in [0.1, 0.15) is 49.3 Å². The molecular weight excluding hydrogens is 494 g/mol. The van der Waals surface area contributed by atoms with Gasteiger partial charge >= 0.3 is 0 Å². The fourth-order valence-corrected chi connectivity index (χ4v) is 5.38. The molecule has 0 amide bonds. The van der Waals surface area contributed by atoms with Crippen LogP contribution in [0.2, 0.25) is 0 Å². The molecule has 206 valence electrons. The van der Waals surface area contributed by atoms with E-state index in [0.717, 1.165) is 31.6 Å². The number of ether oxygens (including phenoxy) is 2. The van der Waals surface area contributed by atoms with E-state index in [9.17, 15) is 4.79 Å². The van der Waals surface area contributed by atoms with Crippen molar-refractivity contribution < 1.29 is 9.47 Å². The van der Waals surface area contributed by atoms with Gasteiger partial charge in [0.2, 0.25) is 0 Å². The van der Waals surface area contributed by atoms with Crippen molar-refractivity contribution in [1.29, 1.82) is 0 Å². The number of pyridine rings is 1. The van der Waals surface area contributed by atoms with Crippen molar-refractivity contribution in [3.63, 3.8) is 0 Å². The molecule has 0 spiro atoms. The van der Waals surface area contributed by atoms with Crippen molar-refractivity contribution in [2.24, 2.45) is 0 Å². The fraction of sp³-hybridized carbons (Fsp3) is 0.448. The van der Waals surface area contributed by atoms with Gasteiger partial charge in [-0.25, -0.2) is 4.68 Å². The second-order valence-corrected chi connectivity index (χ2v) is 11.2. The predicted octanol–water partition coefficient (Wildman–Crippen LogP) is 3.82. The van der Waals surface area contributed by atoms with Crippen LogP contribution in [0.5, 0.6) is 11.5 Å². The van der Waals surface area contributed by atoms with Crippen molar-refractivity contribution in [3.8, 4) is 11.5 Å². The molecule has 0 unspecified atom stereocenters. The summed E-state index contributed by atoms with van der Waals surface area (Å²) < 4.78 is 12.8. The number of H-pyrrole nitrogens is 1. The van der Waals surface area contributed by atoms with E-state index in [1.54, 1.807) is 20.3 Å². The van der Waals surface area contributed by atoms with Gasteiger partial charge in [-0.05, 0) is 74.4 Å². The molecule has 2 aromatic carbocycles. The lowest BCUT2D eigenvalue weighted by Gasteiger charge is -2.40. The highest BCUT2D eigenvalue weighted by atomic mass is 16.5. The zero-order chi connectivity index (χ0) is 27.9. The number of nitrogens with zero attached hydrogens (tertiary/aromatic N) is 6. The second-order valence-electron chi connectivity index (χ2n) is 11.2. The average molecular weight is 532 g/mol. The average Bonchev–Trinajstić information content (AvgIpc) is 3.40. The maximum absolute atomic E-state index is 13.7. The molecule has 1 atom stereocenters. The Morgan fingerprint density at radius 1 is 0.949 bits per heavy atom. The van der Waals surface area contributed by atoms with E-state index >= 15 is 0 Å². The number of aromatic amines is 1. The molecule has 0 bridgehead atoms. The van der Waals surface area contributed by atoms with Gasteiger partial charge in [-0.15, -0.1) is 5.10 Å². The number of tetrazole rings is 1. The summed E-state index contributed by atoms with van der Waals surface area (Å²) in [5.74, 6) is 1.80. The molecular formula is C29H37N7O3. The lowest BCUT2D eigenvalue weighted by molar-refractivity contribution is 0.190. The van der Waals surface area contributed by atoms with Gasteiger partial charge in [0.15, 0.2) is 17.3 Å². The van der Waals surface area contributed by atoms with Gasteiger partial charge in [-0.3, -0.25) is 9.69 Å². The lowest BCUT2D eigenvalue weighted by Crippen LogP contribution is -2.49. The van der Waals surface area contributed by atoms with E-state index in [0.29, 0.717) is 28.4 Å². The van der Waals surface area contributed by atoms with Crippen LogP contribution < -0.4 is 19.9 Å². The van der Waals surface area contributed by atoms with Crippen LogP contribution in [0.25, 0.3) is 10.9 Å². The number of benzene rings is 2. The number of rotatable bonds is 6. The summed E-state index contributed by atoms with van der Waals surface area (Å²) in [5.41, 5.74) is 4.49. The number of fused-ring (bicyclic) bond motifs is 1. The maximum Gasteiger partial charge on any atom is 0.253 e. The van der Waals surface area contributed by atoms with Crippen LogP contribution >= 0.6 is 0 Å². The first-order chi connectivity index (χ1) is 18.6. The van der Waals surface area contributed by atoms with Crippen molar-refractivity contribution in [2.45, 2.75) is 46.2 Å². The fourth-order valence-electron chi connectivity index (χ4n) is 5.38. The van der Waals surface area contributed by atoms with Gasteiger partial charge in [0.25, 0.3) is 5.56 Å². The summed E-state index contributed by atoms with van der Waals surface area (Å²) in [6, 6.07) is 11.7. The van der Waals surface area contributed by atoms with E-state index in [1.807, 2.05) is 16.8 Å². The van der Waals surface area contributed by atoms with Crippen LogP contribution in [0, 0.1) is 13.8 Å². The zero-order valence-corrected chi connectivity index (χ0v) is 23.8. The highest BCUT2D eigenvalue weighted by Crippen LogP contribution is 2.34. The van der Waals surface area contributed by atoms with E-state index in [4.69, 9.17) is 9.47 Å². The number of methoxy groups -OCH3 is 2. The molecule has 0 radical (unpaired) electrons. The Kier molecular flexibility index (Phi) is 7.07. The quantitative estimate of drug-likeness (QED) is 0.401. The van der Waals surface area contributed by atoms with Gasteiger partial charge < -0.3 is 19.4 Å². The number of anilines is 1. The summed E-state index contributed by atoms with van der Waals surface area (Å²) in [6.45, 7) is 13.6. The van der Waals surface area contributed by atoms with E-state index in [1.165, 1.54) is 16.8 Å². The number of aryl methyl sites for hydroxylation is 2. The Labute approximate surface area is 228 Å². The SMILES string of the molecule is COc1cc2cc([C@H](c3nnnn3C(C)(C)C)N3CCN(c4cc(C)ccc4C)CC3)c(=O)[nH]c2cc1OC. The third kappa shape index (κ3) is 5.08. The molecule has 5 rings (SSSR count). The Morgan fingerprint density at radius 2 is 1.64 bits per heavy atom. The first-order valence-corrected chi connectivity index (χ1v) is 13.2. The molecule has 4 aromatic rings. The molecule has 10 nitrogen and oxygen atoms in total. The third-order valence-electron chi connectivity index (χ3n) is 7.43. The number of piperazine rings is 1. The van der Waals surface area contributed by atoms with Gasteiger partial charge in [-0.1, -0.05) is 12.1 Å². The maximum atomic E-state index is 13.7. The van der Waals surface area contributed by atoms with Crippen LogP contribution in [-0.4, -0.2) is 70.5 Å². The number of hydrogen-bond donors (Lipinski definition) is 1. The molecule has 39 heavy (non-hydrogen) atoms. The minimum atomic E-state index is -0.429. The summed E-state index contributed by atoms with van der Waals surface area (Å²) in [6.07, 6.45) is 0. The predicted molar refractivity (Wildman–Crippen MR) is 152 cm³/mol. The van der Waals surface area contributed by atoms with Crippen LogP contribution in [0.3, 0.4) is 0 Å². The first-order valence-electron chi connectivity index (χ1n) is 13.2. The molecule has 3 heterocycles. The van der Waals surface area contributed by atoms with Gasteiger partial charge in [0.1, 0.15) is 6.04 Å². The Balaban J connectivity index is 1.58. The largest absolute Gasteiger partial charge is 0.493 e. The molecule has 0 aliphatic carbocycles. The third-order valence-corrected chi connectivity index (χ3v) is 7.43. The first kappa shape index (κ1) is 26.7.